The summed E-state index contributed by atoms with van der Waals surface area (Å²) in [7, 11) is 3.08. The Hall–Kier alpha value is -4.42. The number of rotatable bonds is 17. The van der Waals surface area contributed by atoms with Gasteiger partial charge in [-0.05, 0) is 52.0 Å². The summed E-state index contributed by atoms with van der Waals surface area (Å²) in [5.74, 6) is -1.93. The number of carbonyl (C=O) groups excluding carboxylic acids is 5. The van der Waals surface area contributed by atoms with E-state index in [-0.39, 0.29) is 12.8 Å². The van der Waals surface area contributed by atoms with Gasteiger partial charge in [0, 0.05) is 38.3 Å². The summed E-state index contributed by atoms with van der Waals surface area (Å²) in [6.45, 7) is 9.53. The Bertz CT molecular complexity index is 1430. The number of esters is 1. The van der Waals surface area contributed by atoms with Gasteiger partial charge < -0.3 is 34.9 Å². The fourth-order valence-corrected chi connectivity index (χ4v) is 6.24. The van der Waals surface area contributed by atoms with Crippen molar-refractivity contribution < 1.29 is 33.4 Å². The zero-order valence-corrected chi connectivity index (χ0v) is 30.8. The molecule has 2 heterocycles. The largest absolute Gasteiger partial charge is 0.467 e. The standard InChI is InChI=1S/C37H56N6O7/c1-8-10-19-37(20-11-9-2,34(47)39-29(33(46)49-7)22-26-16-13-12-14-17-26)41-31(44)30-18-15-21-43(30)32(45)28(23-27-24-38-25-42(27)6)40-35(48)50-36(3,4)5/h12-14,16-17,24-25,28-30H,8-11,15,18-23H2,1-7H3,(H,39,47)(H,40,48)(H,41,44)/t28-,29-,30+/m0/s1. The molecule has 1 aromatic heterocycles. The second kappa shape index (κ2) is 18.5. The Balaban J connectivity index is 1.90. The topological polar surface area (TPSA) is 161 Å². The van der Waals surface area contributed by atoms with Gasteiger partial charge in [0.05, 0.1) is 13.4 Å². The van der Waals surface area contributed by atoms with Crippen molar-refractivity contribution in [2.24, 2.45) is 7.05 Å². The van der Waals surface area contributed by atoms with Crippen LogP contribution in [-0.2, 0) is 48.5 Å². The number of nitrogens with zero attached hydrogens (tertiary/aromatic N) is 3. The molecule has 4 amide bonds. The van der Waals surface area contributed by atoms with Crippen LogP contribution in [-0.4, -0.2) is 87.2 Å². The lowest BCUT2D eigenvalue weighted by molar-refractivity contribution is -0.147. The van der Waals surface area contributed by atoms with Gasteiger partial charge in [-0.1, -0.05) is 69.9 Å². The van der Waals surface area contributed by atoms with Gasteiger partial charge in [-0.2, -0.15) is 0 Å². The van der Waals surface area contributed by atoms with E-state index < -0.39 is 59.0 Å². The average molecular weight is 697 g/mol. The van der Waals surface area contributed by atoms with E-state index in [2.05, 4.69) is 20.9 Å². The number of likely N-dealkylation sites (tertiary alicyclic amines) is 1. The van der Waals surface area contributed by atoms with Crippen LogP contribution in [0.25, 0.3) is 0 Å². The van der Waals surface area contributed by atoms with Crippen molar-refractivity contribution in [1.82, 2.24) is 30.4 Å². The zero-order valence-electron chi connectivity index (χ0n) is 30.8. The minimum Gasteiger partial charge on any atom is -0.467 e. The van der Waals surface area contributed by atoms with Gasteiger partial charge in [0.2, 0.25) is 17.7 Å². The fraction of sp³-hybridized carbons (Fsp3) is 0.622. The monoisotopic (exact) mass is 696 g/mol. The van der Waals surface area contributed by atoms with E-state index in [1.807, 2.05) is 44.2 Å². The first kappa shape index (κ1) is 40.0. The van der Waals surface area contributed by atoms with E-state index in [1.54, 1.807) is 44.9 Å². The second-order valence-electron chi connectivity index (χ2n) is 14.1. The highest BCUT2D eigenvalue weighted by molar-refractivity contribution is 5.97. The molecule has 0 bridgehead atoms. The molecule has 0 spiro atoms. The molecule has 276 valence electrons. The highest BCUT2D eigenvalue weighted by Gasteiger charge is 2.45. The number of aryl methyl sites for hydroxylation is 1. The highest BCUT2D eigenvalue weighted by atomic mass is 16.6. The van der Waals surface area contributed by atoms with E-state index in [4.69, 9.17) is 9.47 Å². The van der Waals surface area contributed by atoms with Crippen molar-refractivity contribution in [3.05, 3.63) is 54.1 Å². The maximum absolute atomic E-state index is 14.3. The molecule has 3 rings (SSSR count). The lowest BCUT2D eigenvalue weighted by Crippen LogP contribution is -2.64. The zero-order chi connectivity index (χ0) is 36.9. The minimum absolute atomic E-state index is 0.134. The predicted molar refractivity (Wildman–Crippen MR) is 189 cm³/mol. The minimum atomic E-state index is -1.33. The van der Waals surface area contributed by atoms with Crippen LogP contribution >= 0.6 is 0 Å². The molecule has 3 atom stereocenters. The SMILES string of the molecule is CCCCC(CCCC)(NC(=O)[C@H]1CCCN1C(=O)[C@H](Cc1cncn1C)NC(=O)OC(C)(C)C)C(=O)N[C@@H](Cc1ccccc1)C(=O)OC. The molecule has 0 aliphatic carbocycles. The summed E-state index contributed by atoms with van der Waals surface area (Å²) in [5, 5.41) is 8.73. The molecule has 0 saturated carbocycles. The number of alkyl carbamates (subject to hydrolysis) is 1. The molecular formula is C37H56N6O7. The van der Waals surface area contributed by atoms with Crippen molar-refractivity contribution in [1.29, 1.82) is 0 Å². The Morgan fingerprint density at radius 1 is 0.960 bits per heavy atom. The van der Waals surface area contributed by atoms with Gasteiger partial charge in [-0.3, -0.25) is 14.4 Å². The van der Waals surface area contributed by atoms with Crippen LogP contribution in [0.4, 0.5) is 4.79 Å². The van der Waals surface area contributed by atoms with E-state index in [9.17, 15) is 24.0 Å². The van der Waals surface area contributed by atoms with Crippen LogP contribution in [0.3, 0.4) is 0 Å². The number of benzene rings is 1. The Morgan fingerprint density at radius 3 is 2.18 bits per heavy atom. The molecule has 50 heavy (non-hydrogen) atoms. The number of amides is 4. The third-order valence-electron chi connectivity index (χ3n) is 8.94. The molecule has 1 fully saturated rings. The summed E-state index contributed by atoms with van der Waals surface area (Å²) in [6.07, 6.45) is 7.36. The molecule has 13 heteroatoms. The van der Waals surface area contributed by atoms with Crippen LogP contribution in [0.5, 0.6) is 0 Å². The number of aromatic nitrogens is 2. The number of hydrogen-bond acceptors (Lipinski definition) is 8. The third kappa shape index (κ3) is 11.3. The number of nitrogens with one attached hydrogen (secondary N) is 3. The fourth-order valence-electron chi connectivity index (χ4n) is 6.24. The lowest BCUT2D eigenvalue weighted by atomic mass is 9.85. The summed E-state index contributed by atoms with van der Waals surface area (Å²) in [4.78, 5) is 74.2. The number of hydrogen-bond donors (Lipinski definition) is 3. The van der Waals surface area contributed by atoms with Crippen molar-refractivity contribution in [3.8, 4) is 0 Å². The van der Waals surface area contributed by atoms with E-state index in [1.165, 1.54) is 12.0 Å². The predicted octanol–water partition coefficient (Wildman–Crippen LogP) is 3.98. The quantitative estimate of drug-likeness (QED) is 0.210. The summed E-state index contributed by atoms with van der Waals surface area (Å²) in [6, 6.07) is 6.47. The third-order valence-corrected chi connectivity index (χ3v) is 8.94. The molecule has 3 N–H and O–H groups in total. The lowest BCUT2D eigenvalue weighted by Gasteiger charge is -2.37. The van der Waals surface area contributed by atoms with Gasteiger partial charge in [-0.25, -0.2) is 14.6 Å². The van der Waals surface area contributed by atoms with Gasteiger partial charge >= 0.3 is 12.1 Å². The number of unbranched alkanes of at least 4 members (excludes halogenated alkanes) is 2. The maximum atomic E-state index is 14.3. The summed E-state index contributed by atoms with van der Waals surface area (Å²) in [5.41, 5.74) is -0.549. The molecule has 0 unspecified atom stereocenters. The van der Waals surface area contributed by atoms with Gasteiger partial charge in [0.25, 0.3) is 0 Å². The normalized spacial score (nSPS) is 15.9. The summed E-state index contributed by atoms with van der Waals surface area (Å²) >= 11 is 0. The van der Waals surface area contributed by atoms with Crippen LogP contribution < -0.4 is 16.0 Å². The van der Waals surface area contributed by atoms with Crippen LogP contribution in [0.1, 0.15) is 97.2 Å². The van der Waals surface area contributed by atoms with Crippen LogP contribution in [0.15, 0.2) is 42.9 Å². The van der Waals surface area contributed by atoms with Gasteiger partial charge in [-0.15, -0.1) is 0 Å². The molecule has 2 aromatic rings. The Kier molecular flexibility index (Phi) is 14.8. The Morgan fingerprint density at radius 2 is 1.62 bits per heavy atom. The van der Waals surface area contributed by atoms with Gasteiger partial charge in [0.1, 0.15) is 29.3 Å². The van der Waals surface area contributed by atoms with E-state index in [0.29, 0.717) is 50.8 Å². The number of ether oxygens (including phenoxy) is 2. The molecule has 1 aromatic carbocycles. The number of imidazole rings is 1. The molecule has 0 radical (unpaired) electrons. The summed E-state index contributed by atoms with van der Waals surface area (Å²) < 4.78 is 12.3. The maximum Gasteiger partial charge on any atom is 0.408 e. The van der Waals surface area contributed by atoms with Crippen molar-refractivity contribution in [3.63, 3.8) is 0 Å². The Labute approximate surface area is 296 Å². The average Bonchev–Trinajstić information content (AvgIpc) is 3.73. The van der Waals surface area contributed by atoms with Crippen LogP contribution in [0.2, 0.25) is 0 Å². The van der Waals surface area contributed by atoms with Crippen LogP contribution in [0, 0.1) is 0 Å². The first-order valence-electron chi connectivity index (χ1n) is 17.7. The molecular weight excluding hydrogens is 640 g/mol. The van der Waals surface area contributed by atoms with Crippen molar-refractivity contribution in [2.75, 3.05) is 13.7 Å². The van der Waals surface area contributed by atoms with Crippen molar-refractivity contribution >= 4 is 29.8 Å². The van der Waals surface area contributed by atoms with Crippen molar-refractivity contribution in [2.45, 2.75) is 128 Å². The van der Waals surface area contributed by atoms with E-state index >= 15 is 0 Å². The first-order valence-corrected chi connectivity index (χ1v) is 17.7. The number of carbonyl (C=O) groups is 5. The van der Waals surface area contributed by atoms with Gasteiger partial charge in [0.15, 0.2) is 0 Å². The molecule has 13 nitrogen and oxygen atoms in total. The first-order chi connectivity index (χ1) is 23.7. The molecule has 1 saturated heterocycles. The smallest absolute Gasteiger partial charge is 0.408 e. The number of methoxy groups -OCH3 is 1. The molecule has 1 aliphatic heterocycles. The molecule has 1 aliphatic rings. The second-order valence-corrected chi connectivity index (χ2v) is 14.1. The highest BCUT2D eigenvalue weighted by Crippen LogP contribution is 2.26. The van der Waals surface area contributed by atoms with E-state index in [0.717, 1.165) is 18.4 Å².